The lowest BCUT2D eigenvalue weighted by molar-refractivity contribution is 0.00974. The number of benzene rings is 1. The fourth-order valence-electron chi connectivity index (χ4n) is 5.11. The van der Waals surface area contributed by atoms with Crippen molar-refractivity contribution in [2.75, 3.05) is 45.9 Å². The Morgan fingerprint density at radius 1 is 0.964 bits per heavy atom. The van der Waals surface area contributed by atoms with Crippen molar-refractivity contribution in [1.82, 2.24) is 15.1 Å². The molecule has 1 N–H and O–H groups in total. The topological polar surface area (TPSA) is 37.0 Å². The Bertz CT molecular complexity index is 610. The van der Waals surface area contributed by atoms with Gasteiger partial charge in [0.1, 0.15) is 5.75 Å². The molecule has 3 saturated heterocycles. The summed E-state index contributed by atoms with van der Waals surface area (Å²) in [6.45, 7) is 11.9. The molecule has 0 unspecified atom stereocenters. The number of nitrogens with one attached hydrogen (secondary N) is 1. The molecule has 1 aromatic carbocycles. The second-order valence-electron chi connectivity index (χ2n) is 8.82. The number of hydrogen-bond acceptors (Lipinski definition) is 5. The number of ether oxygens (including phenoxy) is 2. The van der Waals surface area contributed by atoms with Gasteiger partial charge >= 0.3 is 0 Å². The zero-order chi connectivity index (χ0) is 19.3. The lowest BCUT2D eigenvalue weighted by atomic mass is 9.96. The fraction of sp³-hybridized carbons (Fsp3) is 0.739. The van der Waals surface area contributed by atoms with E-state index in [-0.39, 0.29) is 6.10 Å². The first-order valence-electron chi connectivity index (χ1n) is 11.3. The zero-order valence-corrected chi connectivity index (χ0v) is 17.6. The maximum Gasteiger partial charge on any atom is 0.124 e. The Balaban J connectivity index is 1.35. The first-order valence-corrected chi connectivity index (χ1v) is 11.3. The van der Waals surface area contributed by atoms with Gasteiger partial charge in [-0.25, -0.2) is 0 Å². The average molecular weight is 388 g/mol. The molecule has 0 spiro atoms. The molecule has 3 aliphatic heterocycles. The molecule has 3 fully saturated rings. The van der Waals surface area contributed by atoms with E-state index in [2.05, 4.69) is 53.2 Å². The summed E-state index contributed by atoms with van der Waals surface area (Å²) >= 11 is 0. The van der Waals surface area contributed by atoms with Crippen molar-refractivity contribution in [3.8, 4) is 5.75 Å². The normalized spacial score (nSPS) is 26.6. The van der Waals surface area contributed by atoms with E-state index >= 15 is 0 Å². The molecule has 3 heterocycles. The number of hydrogen-bond donors (Lipinski definition) is 1. The molecular weight excluding hydrogens is 350 g/mol. The van der Waals surface area contributed by atoms with Crippen LogP contribution < -0.4 is 10.1 Å². The quantitative estimate of drug-likeness (QED) is 0.840. The molecule has 4 rings (SSSR count). The molecular formula is C23H37N3O2. The molecule has 5 nitrogen and oxygen atoms in total. The standard InChI is InChI=1S/C23H37N3O2/c1-18(2)28-23-6-4-3-5-21(23)22-17-26(14-11-24-22)19-7-12-25(13-8-19)20-9-15-27-16-10-20/h3-6,18-20,22,24H,7-17H2,1-2H3/t22-/m1/s1. The van der Waals surface area contributed by atoms with Crippen LogP contribution in [0.4, 0.5) is 0 Å². The van der Waals surface area contributed by atoms with Gasteiger partial charge in [0.05, 0.1) is 6.10 Å². The van der Waals surface area contributed by atoms with Crippen LogP contribution in [0.5, 0.6) is 5.75 Å². The van der Waals surface area contributed by atoms with Gasteiger partial charge < -0.3 is 19.7 Å². The largest absolute Gasteiger partial charge is 0.491 e. The highest BCUT2D eigenvalue weighted by Gasteiger charge is 2.32. The van der Waals surface area contributed by atoms with Crippen molar-refractivity contribution in [3.63, 3.8) is 0 Å². The molecule has 0 radical (unpaired) electrons. The predicted octanol–water partition coefficient (Wildman–Crippen LogP) is 3.06. The van der Waals surface area contributed by atoms with Crippen LogP contribution in [-0.2, 0) is 4.74 Å². The lowest BCUT2D eigenvalue weighted by Crippen LogP contribution is -2.54. The second-order valence-corrected chi connectivity index (χ2v) is 8.82. The molecule has 156 valence electrons. The predicted molar refractivity (Wildman–Crippen MR) is 113 cm³/mol. The number of nitrogens with zero attached hydrogens (tertiary/aromatic N) is 2. The van der Waals surface area contributed by atoms with Gasteiger partial charge in [-0.05, 0) is 58.7 Å². The van der Waals surface area contributed by atoms with Gasteiger partial charge in [-0.3, -0.25) is 4.90 Å². The van der Waals surface area contributed by atoms with Crippen LogP contribution in [0.15, 0.2) is 24.3 Å². The van der Waals surface area contributed by atoms with E-state index in [1.807, 2.05) is 0 Å². The summed E-state index contributed by atoms with van der Waals surface area (Å²) in [5.74, 6) is 1.03. The summed E-state index contributed by atoms with van der Waals surface area (Å²) in [5.41, 5.74) is 1.31. The summed E-state index contributed by atoms with van der Waals surface area (Å²) in [6, 6.07) is 10.4. The van der Waals surface area contributed by atoms with Gasteiger partial charge in [-0.2, -0.15) is 0 Å². The Morgan fingerprint density at radius 2 is 1.68 bits per heavy atom. The van der Waals surface area contributed by atoms with Gasteiger partial charge in [-0.1, -0.05) is 18.2 Å². The highest BCUT2D eigenvalue weighted by molar-refractivity contribution is 5.36. The summed E-state index contributed by atoms with van der Waals surface area (Å²) < 4.78 is 11.6. The maximum atomic E-state index is 6.09. The van der Waals surface area contributed by atoms with Gasteiger partial charge in [0.15, 0.2) is 0 Å². The van der Waals surface area contributed by atoms with Gasteiger partial charge in [0, 0.05) is 56.5 Å². The van der Waals surface area contributed by atoms with Gasteiger partial charge in [0.25, 0.3) is 0 Å². The van der Waals surface area contributed by atoms with Crippen LogP contribution in [0.1, 0.15) is 51.1 Å². The minimum Gasteiger partial charge on any atom is -0.491 e. The van der Waals surface area contributed by atoms with Crippen molar-refractivity contribution < 1.29 is 9.47 Å². The lowest BCUT2D eigenvalue weighted by Gasteiger charge is -2.45. The second kappa shape index (κ2) is 9.57. The molecule has 0 bridgehead atoms. The minimum absolute atomic E-state index is 0.204. The van der Waals surface area contributed by atoms with E-state index in [1.165, 1.54) is 44.3 Å². The third kappa shape index (κ3) is 4.88. The number of likely N-dealkylation sites (tertiary alicyclic amines) is 1. The van der Waals surface area contributed by atoms with Crippen molar-refractivity contribution >= 4 is 0 Å². The van der Waals surface area contributed by atoms with E-state index in [4.69, 9.17) is 9.47 Å². The van der Waals surface area contributed by atoms with Crippen LogP contribution in [0.3, 0.4) is 0 Å². The van der Waals surface area contributed by atoms with Crippen LogP contribution in [-0.4, -0.2) is 73.9 Å². The van der Waals surface area contributed by atoms with Crippen molar-refractivity contribution in [3.05, 3.63) is 29.8 Å². The summed E-state index contributed by atoms with van der Waals surface area (Å²) in [6.07, 6.45) is 5.23. The van der Waals surface area contributed by atoms with Gasteiger partial charge in [-0.15, -0.1) is 0 Å². The molecule has 0 amide bonds. The van der Waals surface area contributed by atoms with Crippen LogP contribution >= 0.6 is 0 Å². The first kappa shape index (κ1) is 20.1. The molecule has 5 heteroatoms. The van der Waals surface area contributed by atoms with E-state index in [0.717, 1.165) is 50.7 Å². The third-order valence-corrected chi connectivity index (χ3v) is 6.59. The molecule has 3 aliphatic rings. The van der Waals surface area contributed by atoms with Crippen molar-refractivity contribution in [2.24, 2.45) is 0 Å². The SMILES string of the molecule is CC(C)Oc1ccccc1[C@H]1CN(C2CCN(C3CCOCC3)CC2)CCN1. The maximum absolute atomic E-state index is 6.09. The third-order valence-electron chi connectivity index (χ3n) is 6.59. The molecule has 0 aromatic heterocycles. The molecule has 28 heavy (non-hydrogen) atoms. The minimum atomic E-state index is 0.204. The smallest absolute Gasteiger partial charge is 0.124 e. The summed E-state index contributed by atoms with van der Waals surface area (Å²) in [5, 5.41) is 3.73. The van der Waals surface area contributed by atoms with E-state index in [1.54, 1.807) is 0 Å². The molecule has 0 aliphatic carbocycles. The Labute approximate surface area is 170 Å². The van der Waals surface area contributed by atoms with Crippen molar-refractivity contribution in [2.45, 2.75) is 63.8 Å². The molecule has 1 aromatic rings. The Kier molecular flexibility index (Phi) is 6.89. The number of piperidine rings is 1. The Morgan fingerprint density at radius 3 is 2.43 bits per heavy atom. The van der Waals surface area contributed by atoms with Crippen LogP contribution in [0, 0.1) is 0 Å². The zero-order valence-electron chi connectivity index (χ0n) is 17.6. The van der Waals surface area contributed by atoms with Gasteiger partial charge in [0.2, 0.25) is 0 Å². The molecule has 1 atom stereocenters. The van der Waals surface area contributed by atoms with Crippen molar-refractivity contribution in [1.29, 1.82) is 0 Å². The summed E-state index contributed by atoms with van der Waals surface area (Å²) in [4.78, 5) is 5.46. The van der Waals surface area contributed by atoms with E-state index < -0.39 is 0 Å². The Hall–Kier alpha value is -1.14. The monoisotopic (exact) mass is 387 g/mol. The van der Waals surface area contributed by atoms with Crippen LogP contribution in [0.25, 0.3) is 0 Å². The molecule has 0 saturated carbocycles. The average Bonchev–Trinajstić information content (AvgIpc) is 2.75. The number of rotatable bonds is 5. The fourth-order valence-corrected chi connectivity index (χ4v) is 5.11. The van der Waals surface area contributed by atoms with E-state index in [0.29, 0.717) is 6.04 Å². The first-order chi connectivity index (χ1) is 13.7. The van der Waals surface area contributed by atoms with Crippen LogP contribution in [0.2, 0.25) is 0 Å². The van der Waals surface area contributed by atoms with E-state index in [9.17, 15) is 0 Å². The number of piperazine rings is 1. The highest BCUT2D eigenvalue weighted by Crippen LogP contribution is 2.30. The summed E-state index contributed by atoms with van der Waals surface area (Å²) in [7, 11) is 0. The highest BCUT2D eigenvalue weighted by atomic mass is 16.5. The number of para-hydroxylation sites is 1.